The maximum absolute atomic E-state index is 10.8. The van der Waals surface area contributed by atoms with Crippen LogP contribution in [0.5, 0.6) is 0 Å². The monoisotopic (exact) mass is 253 g/mol. The van der Waals surface area contributed by atoms with E-state index in [0.717, 1.165) is 12.2 Å². The van der Waals surface area contributed by atoms with E-state index >= 15 is 0 Å². The lowest BCUT2D eigenvalue weighted by molar-refractivity contribution is -0.139. The van der Waals surface area contributed by atoms with Gasteiger partial charge in [-0.25, -0.2) is 0 Å². The summed E-state index contributed by atoms with van der Waals surface area (Å²) < 4.78 is -0.444. The van der Waals surface area contributed by atoms with Crippen molar-refractivity contribution >= 4 is 17.7 Å². The van der Waals surface area contributed by atoms with Crippen molar-refractivity contribution in [3.8, 4) is 0 Å². The lowest BCUT2D eigenvalue weighted by Gasteiger charge is -2.27. The molecule has 94 valence electrons. The Morgan fingerprint density at radius 2 is 2.00 bits per heavy atom. The van der Waals surface area contributed by atoms with E-state index in [9.17, 15) is 4.79 Å². The first-order valence-corrected chi connectivity index (χ1v) is 6.58. The van der Waals surface area contributed by atoms with Crippen molar-refractivity contribution in [1.82, 2.24) is 0 Å². The maximum Gasteiger partial charge on any atom is 0.321 e. The van der Waals surface area contributed by atoms with Crippen LogP contribution in [0.3, 0.4) is 0 Å². The van der Waals surface area contributed by atoms with Crippen LogP contribution in [0, 0.1) is 0 Å². The lowest BCUT2D eigenvalue weighted by Crippen LogP contribution is -2.46. The third kappa shape index (κ3) is 4.40. The fraction of sp³-hybridized carbons (Fsp3) is 0.462. The molecule has 0 radical (unpaired) electrons. The van der Waals surface area contributed by atoms with Gasteiger partial charge in [0.2, 0.25) is 0 Å². The van der Waals surface area contributed by atoms with Gasteiger partial charge in [-0.1, -0.05) is 30.3 Å². The van der Waals surface area contributed by atoms with Gasteiger partial charge in [-0.15, -0.1) is 0 Å². The second-order valence-electron chi connectivity index (χ2n) is 4.50. The number of hydrogen-bond acceptors (Lipinski definition) is 3. The molecule has 0 aliphatic rings. The summed E-state index contributed by atoms with van der Waals surface area (Å²) in [6.07, 6.45) is 0.932. The Balaban J connectivity index is 2.43. The number of rotatable bonds is 6. The maximum atomic E-state index is 10.8. The minimum absolute atomic E-state index is 0.444. The molecule has 17 heavy (non-hydrogen) atoms. The highest BCUT2D eigenvalue weighted by Crippen LogP contribution is 2.28. The van der Waals surface area contributed by atoms with E-state index in [1.165, 1.54) is 5.56 Å². The topological polar surface area (TPSA) is 63.3 Å². The summed E-state index contributed by atoms with van der Waals surface area (Å²) in [5, 5.41) is 8.90. The van der Waals surface area contributed by atoms with Crippen molar-refractivity contribution in [3.05, 3.63) is 35.9 Å². The van der Waals surface area contributed by atoms with Crippen molar-refractivity contribution in [1.29, 1.82) is 0 Å². The predicted octanol–water partition coefficient (Wildman–Crippen LogP) is 2.15. The number of aliphatic carboxylic acids is 1. The van der Waals surface area contributed by atoms with E-state index in [2.05, 4.69) is 12.1 Å². The average Bonchev–Trinajstić information content (AvgIpc) is 2.29. The second kappa shape index (κ2) is 6.07. The van der Waals surface area contributed by atoms with E-state index < -0.39 is 16.8 Å². The predicted molar refractivity (Wildman–Crippen MR) is 72.3 cm³/mol. The normalized spacial score (nSPS) is 13.4. The van der Waals surface area contributed by atoms with Gasteiger partial charge in [-0.3, -0.25) is 4.79 Å². The molecule has 1 aromatic rings. The van der Waals surface area contributed by atoms with E-state index in [0.29, 0.717) is 0 Å². The third-order valence-electron chi connectivity index (χ3n) is 2.72. The zero-order valence-electron chi connectivity index (χ0n) is 10.2. The van der Waals surface area contributed by atoms with E-state index in [1.54, 1.807) is 11.8 Å². The molecule has 3 N–H and O–H groups in total. The fourth-order valence-corrected chi connectivity index (χ4v) is 2.61. The van der Waals surface area contributed by atoms with Gasteiger partial charge in [0.25, 0.3) is 0 Å². The summed E-state index contributed by atoms with van der Waals surface area (Å²) in [6, 6.07) is 9.32. The van der Waals surface area contributed by atoms with Crippen LogP contribution in [-0.2, 0) is 11.2 Å². The highest BCUT2D eigenvalue weighted by atomic mass is 32.2. The minimum Gasteiger partial charge on any atom is -0.480 e. The molecule has 0 saturated heterocycles. The molecule has 0 fully saturated rings. The molecule has 1 aromatic carbocycles. The van der Waals surface area contributed by atoms with E-state index in [4.69, 9.17) is 10.8 Å². The summed E-state index contributed by atoms with van der Waals surface area (Å²) in [7, 11) is 0. The Labute approximate surface area is 106 Å². The third-order valence-corrected chi connectivity index (χ3v) is 4.13. The molecule has 3 nitrogen and oxygen atoms in total. The highest BCUT2D eigenvalue weighted by molar-refractivity contribution is 8.00. The summed E-state index contributed by atoms with van der Waals surface area (Å²) in [4.78, 5) is 10.8. The standard InChI is InChI=1S/C13H19NO2S/c1-13(2,11(14)12(15)16)17-9-8-10-6-4-3-5-7-10/h3-7,11H,8-9,14H2,1-2H3,(H,15,16)/t11-/m0/s1. The Kier molecular flexibility index (Phi) is 5.02. The molecule has 0 aliphatic heterocycles. The SMILES string of the molecule is CC(C)(SCCc1ccccc1)[C@@H](N)C(=O)O. The van der Waals surface area contributed by atoms with Gasteiger partial charge in [0.1, 0.15) is 6.04 Å². The van der Waals surface area contributed by atoms with Crippen LogP contribution in [0.25, 0.3) is 0 Å². The molecule has 0 unspecified atom stereocenters. The van der Waals surface area contributed by atoms with Gasteiger partial charge in [0, 0.05) is 4.75 Å². The molecular weight excluding hydrogens is 234 g/mol. The molecule has 0 aliphatic carbocycles. The molecule has 0 aromatic heterocycles. The van der Waals surface area contributed by atoms with Crippen LogP contribution in [-0.4, -0.2) is 27.6 Å². The number of carboxylic acids is 1. The van der Waals surface area contributed by atoms with Crippen LogP contribution in [0.1, 0.15) is 19.4 Å². The molecule has 1 rings (SSSR count). The van der Waals surface area contributed by atoms with Crippen molar-refractivity contribution < 1.29 is 9.90 Å². The van der Waals surface area contributed by atoms with Crippen LogP contribution >= 0.6 is 11.8 Å². The quantitative estimate of drug-likeness (QED) is 0.815. The number of carboxylic acid groups (broad SMARTS) is 1. The first-order chi connectivity index (χ1) is 7.93. The van der Waals surface area contributed by atoms with Gasteiger partial charge < -0.3 is 10.8 Å². The van der Waals surface area contributed by atoms with E-state index in [1.807, 2.05) is 32.0 Å². The Morgan fingerprint density at radius 3 is 2.53 bits per heavy atom. The first-order valence-electron chi connectivity index (χ1n) is 5.60. The van der Waals surface area contributed by atoms with Gasteiger partial charge in [-0.2, -0.15) is 11.8 Å². The van der Waals surface area contributed by atoms with Gasteiger partial charge in [-0.05, 0) is 31.6 Å². The molecule has 1 atom stereocenters. The molecule has 0 amide bonds. The van der Waals surface area contributed by atoms with Crippen LogP contribution < -0.4 is 5.73 Å². The molecule has 0 heterocycles. The molecule has 0 bridgehead atoms. The minimum atomic E-state index is -0.942. The van der Waals surface area contributed by atoms with Crippen molar-refractivity contribution in [2.45, 2.75) is 31.1 Å². The largest absolute Gasteiger partial charge is 0.480 e. The molecule has 0 saturated carbocycles. The van der Waals surface area contributed by atoms with Gasteiger partial charge in [0.05, 0.1) is 0 Å². The van der Waals surface area contributed by atoms with Crippen LogP contribution in [0.15, 0.2) is 30.3 Å². The number of hydrogen-bond donors (Lipinski definition) is 2. The molecule has 4 heteroatoms. The number of carbonyl (C=O) groups is 1. The zero-order chi connectivity index (χ0) is 12.9. The fourth-order valence-electron chi connectivity index (χ4n) is 1.46. The number of benzene rings is 1. The summed E-state index contributed by atoms with van der Waals surface area (Å²) in [5.41, 5.74) is 6.92. The van der Waals surface area contributed by atoms with Crippen molar-refractivity contribution in [2.75, 3.05) is 5.75 Å². The van der Waals surface area contributed by atoms with Gasteiger partial charge in [0.15, 0.2) is 0 Å². The summed E-state index contributed by atoms with van der Waals surface area (Å²) in [6.45, 7) is 3.75. The van der Waals surface area contributed by atoms with Crippen molar-refractivity contribution in [3.63, 3.8) is 0 Å². The van der Waals surface area contributed by atoms with Crippen LogP contribution in [0.4, 0.5) is 0 Å². The van der Waals surface area contributed by atoms with E-state index in [-0.39, 0.29) is 0 Å². The number of nitrogens with two attached hydrogens (primary N) is 1. The Bertz CT molecular complexity index is 365. The number of thioether (sulfide) groups is 1. The Hall–Kier alpha value is -1.00. The summed E-state index contributed by atoms with van der Waals surface area (Å²) in [5.74, 6) is -0.0694. The lowest BCUT2D eigenvalue weighted by atomic mass is 10.1. The highest BCUT2D eigenvalue weighted by Gasteiger charge is 2.32. The van der Waals surface area contributed by atoms with Gasteiger partial charge >= 0.3 is 5.97 Å². The number of aryl methyl sites for hydroxylation is 1. The smallest absolute Gasteiger partial charge is 0.321 e. The average molecular weight is 253 g/mol. The molecular formula is C13H19NO2S. The summed E-state index contributed by atoms with van der Waals surface area (Å²) >= 11 is 1.60. The zero-order valence-corrected chi connectivity index (χ0v) is 11.0. The van der Waals surface area contributed by atoms with Crippen molar-refractivity contribution in [2.24, 2.45) is 5.73 Å². The Morgan fingerprint density at radius 1 is 1.41 bits per heavy atom. The first kappa shape index (κ1) is 14.1. The second-order valence-corrected chi connectivity index (χ2v) is 6.25. The van der Waals surface area contributed by atoms with Crippen LogP contribution in [0.2, 0.25) is 0 Å². The molecule has 0 spiro atoms.